The van der Waals surface area contributed by atoms with E-state index < -0.39 is 0 Å². The van der Waals surface area contributed by atoms with Crippen LogP contribution in [0.5, 0.6) is 0 Å². The first kappa shape index (κ1) is 10.9. The summed E-state index contributed by atoms with van der Waals surface area (Å²) in [6.45, 7) is 1.80. The fourth-order valence-electron chi connectivity index (χ4n) is 2.19. The maximum Gasteiger partial charge on any atom is 0.0735 e. The molecule has 1 aromatic carbocycles. The smallest absolute Gasteiger partial charge is 0.0735 e. The molecule has 1 heterocycles. The van der Waals surface area contributed by atoms with Crippen molar-refractivity contribution in [3.8, 4) is 0 Å². The SMILES string of the molecule is CN1CCC(c2ccc(Cl)cc2)C(O)C1. The van der Waals surface area contributed by atoms with Crippen LogP contribution in [0.4, 0.5) is 0 Å². The minimum absolute atomic E-state index is 0.259. The van der Waals surface area contributed by atoms with Crippen molar-refractivity contribution in [2.75, 3.05) is 20.1 Å². The third-order valence-corrected chi connectivity index (χ3v) is 3.34. The molecule has 0 aromatic heterocycles. The Kier molecular flexibility index (Phi) is 3.29. The van der Waals surface area contributed by atoms with Gasteiger partial charge in [0.1, 0.15) is 0 Å². The van der Waals surface area contributed by atoms with E-state index in [1.807, 2.05) is 31.3 Å². The van der Waals surface area contributed by atoms with E-state index in [2.05, 4.69) is 4.90 Å². The summed E-state index contributed by atoms with van der Waals surface area (Å²) in [5, 5.41) is 10.7. The first-order valence-corrected chi connectivity index (χ1v) is 5.66. The van der Waals surface area contributed by atoms with Gasteiger partial charge in [-0.1, -0.05) is 23.7 Å². The highest BCUT2D eigenvalue weighted by Gasteiger charge is 2.26. The zero-order chi connectivity index (χ0) is 10.8. The number of benzene rings is 1. The highest BCUT2D eigenvalue weighted by atomic mass is 35.5. The molecule has 0 amide bonds. The molecule has 15 heavy (non-hydrogen) atoms. The number of aliphatic hydroxyl groups excluding tert-OH is 1. The lowest BCUT2D eigenvalue weighted by Gasteiger charge is -2.33. The molecule has 2 atom stereocenters. The Morgan fingerprint density at radius 1 is 1.33 bits per heavy atom. The molecule has 3 heteroatoms. The summed E-state index contributed by atoms with van der Waals surface area (Å²) in [5.74, 6) is 0.262. The van der Waals surface area contributed by atoms with Gasteiger partial charge < -0.3 is 10.0 Å². The van der Waals surface area contributed by atoms with Gasteiger partial charge in [-0.15, -0.1) is 0 Å². The third-order valence-electron chi connectivity index (χ3n) is 3.08. The molecule has 2 nitrogen and oxygen atoms in total. The van der Waals surface area contributed by atoms with Crippen LogP contribution in [-0.4, -0.2) is 36.2 Å². The number of hydrogen-bond acceptors (Lipinski definition) is 2. The van der Waals surface area contributed by atoms with Crippen molar-refractivity contribution < 1.29 is 5.11 Å². The number of likely N-dealkylation sites (N-methyl/N-ethyl adjacent to an activating group) is 1. The summed E-state index contributed by atoms with van der Waals surface area (Å²) < 4.78 is 0. The molecule has 1 aromatic rings. The molecule has 1 aliphatic rings. The molecule has 1 N–H and O–H groups in total. The van der Waals surface area contributed by atoms with E-state index in [4.69, 9.17) is 11.6 Å². The van der Waals surface area contributed by atoms with Gasteiger partial charge in [-0.05, 0) is 37.7 Å². The fourth-order valence-corrected chi connectivity index (χ4v) is 2.31. The zero-order valence-electron chi connectivity index (χ0n) is 8.86. The van der Waals surface area contributed by atoms with E-state index in [0.29, 0.717) is 0 Å². The van der Waals surface area contributed by atoms with Crippen molar-refractivity contribution in [1.29, 1.82) is 0 Å². The Bertz CT molecular complexity index is 325. The van der Waals surface area contributed by atoms with Gasteiger partial charge in [-0.3, -0.25) is 0 Å². The lowest BCUT2D eigenvalue weighted by molar-refractivity contribution is 0.0638. The second-order valence-corrected chi connectivity index (χ2v) is 4.71. The van der Waals surface area contributed by atoms with Gasteiger partial charge in [0, 0.05) is 17.5 Å². The normalized spacial score (nSPS) is 27.9. The van der Waals surface area contributed by atoms with Crippen LogP contribution in [-0.2, 0) is 0 Å². The minimum atomic E-state index is -0.259. The Morgan fingerprint density at radius 2 is 2.00 bits per heavy atom. The van der Waals surface area contributed by atoms with Crippen molar-refractivity contribution >= 4 is 11.6 Å². The summed E-state index contributed by atoms with van der Waals surface area (Å²) in [6.07, 6.45) is 0.754. The monoisotopic (exact) mass is 225 g/mol. The van der Waals surface area contributed by atoms with Crippen molar-refractivity contribution in [3.05, 3.63) is 34.9 Å². The first-order valence-electron chi connectivity index (χ1n) is 5.29. The lowest BCUT2D eigenvalue weighted by Crippen LogP contribution is -2.40. The van der Waals surface area contributed by atoms with Crippen LogP contribution in [0.25, 0.3) is 0 Å². The van der Waals surface area contributed by atoms with Crippen LogP contribution >= 0.6 is 11.6 Å². The van der Waals surface area contributed by atoms with E-state index in [1.54, 1.807) is 0 Å². The molecular formula is C12H16ClNO. The van der Waals surface area contributed by atoms with Crippen molar-refractivity contribution in [3.63, 3.8) is 0 Å². The number of likely N-dealkylation sites (tertiary alicyclic amines) is 1. The molecule has 2 rings (SSSR count). The van der Waals surface area contributed by atoms with E-state index in [9.17, 15) is 5.11 Å². The van der Waals surface area contributed by atoms with Crippen LogP contribution < -0.4 is 0 Å². The third kappa shape index (κ3) is 2.51. The van der Waals surface area contributed by atoms with Crippen LogP contribution in [0.2, 0.25) is 5.02 Å². The molecular weight excluding hydrogens is 210 g/mol. The largest absolute Gasteiger partial charge is 0.391 e. The molecule has 0 bridgehead atoms. The van der Waals surface area contributed by atoms with E-state index in [1.165, 1.54) is 5.56 Å². The summed E-state index contributed by atoms with van der Waals surface area (Å²) >= 11 is 5.84. The summed E-state index contributed by atoms with van der Waals surface area (Å²) in [5.41, 5.74) is 1.19. The molecule has 0 saturated carbocycles. The average Bonchev–Trinajstić information content (AvgIpc) is 2.20. The second kappa shape index (κ2) is 4.52. The highest BCUT2D eigenvalue weighted by molar-refractivity contribution is 6.30. The van der Waals surface area contributed by atoms with Crippen LogP contribution in [0.1, 0.15) is 17.9 Å². The van der Waals surface area contributed by atoms with Crippen LogP contribution in [0, 0.1) is 0 Å². The topological polar surface area (TPSA) is 23.5 Å². The predicted octanol–water partition coefficient (Wildman–Crippen LogP) is 2.12. The van der Waals surface area contributed by atoms with Gasteiger partial charge in [0.25, 0.3) is 0 Å². The minimum Gasteiger partial charge on any atom is -0.391 e. The Hall–Kier alpha value is -0.570. The van der Waals surface area contributed by atoms with Gasteiger partial charge in [-0.2, -0.15) is 0 Å². The van der Waals surface area contributed by atoms with E-state index in [0.717, 1.165) is 24.5 Å². The number of aliphatic hydroxyl groups is 1. The van der Waals surface area contributed by atoms with E-state index >= 15 is 0 Å². The predicted molar refractivity (Wildman–Crippen MR) is 62.3 cm³/mol. The molecule has 1 fully saturated rings. The molecule has 0 aliphatic carbocycles. The second-order valence-electron chi connectivity index (χ2n) is 4.28. The fraction of sp³-hybridized carbons (Fsp3) is 0.500. The average molecular weight is 226 g/mol. The maximum atomic E-state index is 9.99. The van der Waals surface area contributed by atoms with Crippen LogP contribution in [0.15, 0.2) is 24.3 Å². The molecule has 0 spiro atoms. The number of rotatable bonds is 1. The molecule has 2 unspecified atom stereocenters. The zero-order valence-corrected chi connectivity index (χ0v) is 9.61. The molecule has 82 valence electrons. The molecule has 1 aliphatic heterocycles. The lowest BCUT2D eigenvalue weighted by atomic mass is 9.87. The van der Waals surface area contributed by atoms with Gasteiger partial charge in [0.05, 0.1) is 6.10 Å². The number of halogens is 1. The Balaban J connectivity index is 2.13. The van der Waals surface area contributed by atoms with Crippen molar-refractivity contribution in [2.45, 2.75) is 18.4 Å². The quantitative estimate of drug-likeness (QED) is 0.792. The standard InChI is InChI=1S/C12H16ClNO/c1-14-7-6-11(12(15)8-14)9-2-4-10(13)5-3-9/h2-5,11-12,15H,6-8H2,1H3. The number of β-amino-alcohol motifs (C(OH)–C–C–N with tert-alkyl or cyclic N) is 1. The van der Waals surface area contributed by atoms with E-state index in [-0.39, 0.29) is 12.0 Å². The molecule has 1 saturated heterocycles. The first-order chi connectivity index (χ1) is 7.16. The number of nitrogens with zero attached hydrogens (tertiary/aromatic N) is 1. The number of piperidine rings is 1. The van der Waals surface area contributed by atoms with Crippen molar-refractivity contribution in [2.24, 2.45) is 0 Å². The van der Waals surface area contributed by atoms with Gasteiger partial charge in [-0.25, -0.2) is 0 Å². The highest BCUT2D eigenvalue weighted by Crippen LogP contribution is 2.28. The number of hydrogen-bond donors (Lipinski definition) is 1. The van der Waals surface area contributed by atoms with Crippen molar-refractivity contribution in [1.82, 2.24) is 4.90 Å². The van der Waals surface area contributed by atoms with Gasteiger partial charge in [0.2, 0.25) is 0 Å². The van der Waals surface area contributed by atoms with Gasteiger partial charge >= 0.3 is 0 Å². The Labute approximate surface area is 95.5 Å². The summed E-state index contributed by atoms with van der Waals surface area (Å²) in [6, 6.07) is 7.81. The maximum absolute atomic E-state index is 9.99. The van der Waals surface area contributed by atoms with Gasteiger partial charge in [0.15, 0.2) is 0 Å². The summed E-state index contributed by atoms with van der Waals surface area (Å²) in [7, 11) is 2.04. The van der Waals surface area contributed by atoms with Crippen LogP contribution in [0.3, 0.4) is 0 Å². The molecule has 0 radical (unpaired) electrons. The Morgan fingerprint density at radius 3 is 2.60 bits per heavy atom. The summed E-state index contributed by atoms with van der Waals surface area (Å²) in [4.78, 5) is 2.16.